The van der Waals surface area contributed by atoms with E-state index in [1.807, 2.05) is 52.0 Å². The van der Waals surface area contributed by atoms with Crippen molar-refractivity contribution in [2.45, 2.75) is 64.9 Å². The molecule has 0 saturated carbocycles. The quantitative estimate of drug-likeness (QED) is 0.525. The number of halogens is 1. The molecular weight excluding hydrogens is 411 g/mol. The summed E-state index contributed by atoms with van der Waals surface area (Å²) in [5, 5.41) is 3.02. The molecule has 0 aromatic heterocycles. The summed E-state index contributed by atoms with van der Waals surface area (Å²) < 4.78 is 13.9. The van der Waals surface area contributed by atoms with E-state index in [2.05, 4.69) is 5.32 Å². The molecule has 2 rings (SSSR count). The molecule has 0 aliphatic heterocycles. The Morgan fingerprint density at radius 3 is 2.29 bits per heavy atom. The summed E-state index contributed by atoms with van der Waals surface area (Å²) in [6.45, 7) is 8.28. The Labute approximate surface area is 189 Å². The number of carbonyl (C=O) groups is 2. The number of hydrogen-bond donors (Lipinski definition) is 1. The summed E-state index contributed by atoms with van der Waals surface area (Å²) in [5.74, 6) is 0.0898. The Balaban J connectivity index is 2.16. The number of benzene rings is 2. The molecule has 168 valence electrons. The van der Waals surface area contributed by atoms with Gasteiger partial charge in [-0.05, 0) is 49.4 Å². The molecule has 0 aliphatic rings. The number of hydrogen-bond acceptors (Lipinski definition) is 3. The van der Waals surface area contributed by atoms with Crippen LogP contribution in [0.1, 0.15) is 50.3 Å². The average molecular weight is 445 g/mol. The fourth-order valence-corrected chi connectivity index (χ4v) is 4.17. The first-order valence-electron chi connectivity index (χ1n) is 10.8. The molecule has 0 fully saturated rings. The lowest BCUT2D eigenvalue weighted by Gasteiger charge is -2.32. The summed E-state index contributed by atoms with van der Waals surface area (Å²) in [5.41, 5.74) is 2.67. The van der Waals surface area contributed by atoms with Gasteiger partial charge < -0.3 is 10.2 Å². The van der Waals surface area contributed by atoms with E-state index in [9.17, 15) is 14.0 Å². The maximum Gasteiger partial charge on any atom is 0.243 e. The largest absolute Gasteiger partial charge is 0.352 e. The van der Waals surface area contributed by atoms with Gasteiger partial charge in [-0.25, -0.2) is 4.39 Å². The Morgan fingerprint density at radius 2 is 1.68 bits per heavy atom. The monoisotopic (exact) mass is 444 g/mol. The van der Waals surface area contributed by atoms with Gasteiger partial charge in [0.1, 0.15) is 11.9 Å². The molecule has 0 saturated heterocycles. The summed E-state index contributed by atoms with van der Waals surface area (Å²) in [4.78, 5) is 27.8. The third-order valence-electron chi connectivity index (χ3n) is 5.43. The minimum atomic E-state index is -0.546. The fourth-order valence-electron chi connectivity index (χ4n) is 3.28. The van der Waals surface area contributed by atoms with E-state index in [0.29, 0.717) is 24.3 Å². The first-order valence-corrected chi connectivity index (χ1v) is 12.0. The van der Waals surface area contributed by atoms with Crippen LogP contribution in [0.15, 0.2) is 48.5 Å². The molecule has 6 heteroatoms. The first-order chi connectivity index (χ1) is 14.9. The molecule has 2 aromatic carbocycles. The summed E-state index contributed by atoms with van der Waals surface area (Å²) in [6, 6.07) is 14.0. The van der Waals surface area contributed by atoms with Gasteiger partial charge in [-0.2, -0.15) is 0 Å². The van der Waals surface area contributed by atoms with Crippen LogP contribution in [0.5, 0.6) is 0 Å². The molecule has 2 amide bonds. The van der Waals surface area contributed by atoms with E-state index in [4.69, 9.17) is 0 Å². The van der Waals surface area contributed by atoms with Crippen molar-refractivity contribution < 1.29 is 14.0 Å². The SMILES string of the molecule is CC[C@@H](C)NC(=O)[C@@H](CC)N(Cc1ccccc1C)C(=O)CSCc1ccccc1F. The van der Waals surface area contributed by atoms with Crippen molar-refractivity contribution >= 4 is 23.6 Å². The smallest absolute Gasteiger partial charge is 0.243 e. The van der Waals surface area contributed by atoms with Crippen LogP contribution in [-0.4, -0.2) is 34.6 Å². The fraction of sp³-hybridized carbons (Fsp3) is 0.440. The van der Waals surface area contributed by atoms with Crippen LogP contribution in [0.3, 0.4) is 0 Å². The van der Waals surface area contributed by atoms with Gasteiger partial charge in [-0.3, -0.25) is 9.59 Å². The standard InChI is InChI=1S/C25H33FN2O2S/c1-5-19(4)27-25(30)23(6-2)28(15-20-12-8-7-11-18(20)3)24(29)17-31-16-21-13-9-10-14-22(21)26/h7-14,19,23H,5-6,15-17H2,1-4H3,(H,27,30)/t19-,23-/m1/s1. The van der Waals surface area contributed by atoms with Gasteiger partial charge in [0.05, 0.1) is 5.75 Å². The van der Waals surface area contributed by atoms with E-state index in [1.54, 1.807) is 23.1 Å². The highest BCUT2D eigenvalue weighted by atomic mass is 32.2. The number of carbonyl (C=O) groups excluding carboxylic acids is 2. The third-order valence-corrected chi connectivity index (χ3v) is 6.40. The Bertz CT molecular complexity index is 874. The van der Waals surface area contributed by atoms with Gasteiger partial charge in [-0.15, -0.1) is 11.8 Å². The molecular formula is C25H33FN2O2S. The van der Waals surface area contributed by atoms with Gasteiger partial charge >= 0.3 is 0 Å². The van der Waals surface area contributed by atoms with Crippen molar-refractivity contribution in [1.82, 2.24) is 10.2 Å². The molecule has 2 aromatic rings. The number of aryl methyl sites for hydroxylation is 1. The van der Waals surface area contributed by atoms with Crippen LogP contribution in [0.4, 0.5) is 4.39 Å². The number of nitrogens with one attached hydrogen (secondary N) is 1. The van der Waals surface area contributed by atoms with Gasteiger partial charge in [-0.1, -0.05) is 56.3 Å². The molecule has 0 bridgehead atoms. The molecule has 0 unspecified atom stereocenters. The molecule has 31 heavy (non-hydrogen) atoms. The number of thioether (sulfide) groups is 1. The lowest BCUT2D eigenvalue weighted by molar-refractivity contribution is -0.139. The Kier molecular flexibility index (Phi) is 10.0. The van der Waals surface area contributed by atoms with Gasteiger partial charge in [0.15, 0.2) is 0 Å². The van der Waals surface area contributed by atoms with E-state index in [-0.39, 0.29) is 29.4 Å². The number of rotatable bonds is 11. The highest BCUT2D eigenvalue weighted by Gasteiger charge is 2.29. The number of amides is 2. The van der Waals surface area contributed by atoms with Crippen LogP contribution in [0.2, 0.25) is 0 Å². The van der Waals surface area contributed by atoms with Crippen molar-refractivity contribution in [3.05, 3.63) is 71.0 Å². The van der Waals surface area contributed by atoms with E-state index in [1.165, 1.54) is 17.8 Å². The minimum absolute atomic E-state index is 0.0485. The van der Waals surface area contributed by atoms with Gasteiger partial charge in [0.2, 0.25) is 11.8 Å². The first kappa shape index (κ1) is 24.9. The van der Waals surface area contributed by atoms with Crippen molar-refractivity contribution in [2.24, 2.45) is 0 Å². The van der Waals surface area contributed by atoms with Crippen molar-refractivity contribution in [3.8, 4) is 0 Å². The van der Waals surface area contributed by atoms with Gasteiger partial charge in [0, 0.05) is 18.3 Å². The second kappa shape index (κ2) is 12.5. The van der Waals surface area contributed by atoms with Crippen molar-refractivity contribution in [2.75, 3.05) is 5.75 Å². The lowest BCUT2D eigenvalue weighted by atomic mass is 10.1. The molecule has 4 nitrogen and oxygen atoms in total. The average Bonchev–Trinajstić information content (AvgIpc) is 2.76. The van der Waals surface area contributed by atoms with E-state index in [0.717, 1.165) is 17.5 Å². The zero-order chi connectivity index (χ0) is 22.8. The zero-order valence-electron chi connectivity index (χ0n) is 18.9. The molecule has 0 radical (unpaired) electrons. The maximum absolute atomic E-state index is 13.9. The second-order valence-electron chi connectivity index (χ2n) is 7.77. The van der Waals surface area contributed by atoms with Crippen LogP contribution >= 0.6 is 11.8 Å². The van der Waals surface area contributed by atoms with Crippen LogP contribution in [0.25, 0.3) is 0 Å². The molecule has 0 aliphatic carbocycles. The molecule has 1 N–H and O–H groups in total. The highest BCUT2D eigenvalue weighted by Crippen LogP contribution is 2.20. The van der Waals surface area contributed by atoms with Crippen LogP contribution in [0, 0.1) is 12.7 Å². The summed E-state index contributed by atoms with van der Waals surface area (Å²) in [6.07, 6.45) is 1.35. The topological polar surface area (TPSA) is 49.4 Å². The Morgan fingerprint density at radius 1 is 1.03 bits per heavy atom. The number of nitrogens with zero attached hydrogens (tertiary/aromatic N) is 1. The summed E-state index contributed by atoms with van der Waals surface area (Å²) >= 11 is 1.37. The maximum atomic E-state index is 13.9. The molecule has 2 atom stereocenters. The lowest BCUT2D eigenvalue weighted by Crippen LogP contribution is -2.51. The predicted molar refractivity (Wildman–Crippen MR) is 126 cm³/mol. The normalized spacial score (nSPS) is 12.8. The van der Waals surface area contributed by atoms with Crippen molar-refractivity contribution in [3.63, 3.8) is 0 Å². The highest BCUT2D eigenvalue weighted by molar-refractivity contribution is 7.99. The summed E-state index contributed by atoms with van der Waals surface area (Å²) in [7, 11) is 0. The van der Waals surface area contributed by atoms with E-state index < -0.39 is 6.04 Å². The molecule has 0 heterocycles. The minimum Gasteiger partial charge on any atom is -0.352 e. The van der Waals surface area contributed by atoms with Crippen molar-refractivity contribution in [1.29, 1.82) is 0 Å². The second-order valence-corrected chi connectivity index (χ2v) is 8.76. The zero-order valence-corrected chi connectivity index (χ0v) is 19.7. The Hall–Kier alpha value is -2.34. The van der Waals surface area contributed by atoms with Gasteiger partial charge in [0.25, 0.3) is 0 Å². The predicted octanol–water partition coefficient (Wildman–Crippen LogP) is 5.09. The third kappa shape index (κ3) is 7.39. The van der Waals surface area contributed by atoms with Crippen LogP contribution in [-0.2, 0) is 21.9 Å². The molecule has 0 spiro atoms. The van der Waals surface area contributed by atoms with Crippen LogP contribution < -0.4 is 5.32 Å². The van der Waals surface area contributed by atoms with E-state index >= 15 is 0 Å².